The lowest BCUT2D eigenvalue weighted by atomic mass is 9.97. The summed E-state index contributed by atoms with van der Waals surface area (Å²) in [6.45, 7) is 3.86. The molecule has 2 aromatic carbocycles. The summed E-state index contributed by atoms with van der Waals surface area (Å²) in [6, 6.07) is 7.71. The number of hydrogen-bond donors (Lipinski definition) is 0. The summed E-state index contributed by atoms with van der Waals surface area (Å²) in [7, 11) is 6.34. The van der Waals surface area contributed by atoms with E-state index in [1.54, 1.807) is 28.4 Å². The molecule has 0 amide bonds. The van der Waals surface area contributed by atoms with Crippen molar-refractivity contribution in [2.75, 3.05) is 41.7 Å². The van der Waals surface area contributed by atoms with Gasteiger partial charge in [0.25, 0.3) is 0 Å². The first-order chi connectivity index (χ1) is 14.0. The van der Waals surface area contributed by atoms with Gasteiger partial charge in [-0.15, -0.1) is 0 Å². The molecule has 0 unspecified atom stereocenters. The second-order valence-corrected chi connectivity index (χ2v) is 6.25. The number of benzene rings is 2. The largest absolute Gasteiger partial charge is 0.492 e. The van der Waals surface area contributed by atoms with Gasteiger partial charge in [0, 0.05) is 24.5 Å². The Morgan fingerprint density at radius 3 is 1.86 bits per heavy atom. The highest BCUT2D eigenvalue weighted by Crippen LogP contribution is 2.49. The van der Waals surface area contributed by atoms with Crippen molar-refractivity contribution in [2.45, 2.75) is 20.3 Å². The normalized spacial score (nSPS) is 10.3. The van der Waals surface area contributed by atoms with Gasteiger partial charge in [-0.05, 0) is 24.6 Å². The van der Waals surface area contributed by atoms with Crippen LogP contribution in [0.5, 0.6) is 28.7 Å². The Labute approximate surface area is 171 Å². The number of ether oxygens (including phenoxy) is 6. The van der Waals surface area contributed by atoms with Crippen LogP contribution in [0.2, 0.25) is 0 Å². The first kappa shape index (κ1) is 22.2. The molecule has 0 atom stereocenters. The zero-order valence-electron chi connectivity index (χ0n) is 17.8. The highest BCUT2D eigenvalue weighted by Gasteiger charge is 2.25. The highest BCUT2D eigenvalue weighted by atomic mass is 16.6. The molecule has 0 heterocycles. The van der Waals surface area contributed by atoms with Gasteiger partial charge in [0.15, 0.2) is 11.5 Å². The second-order valence-electron chi connectivity index (χ2n) is 6.25. The minimum absolute atomic E-state index is 0.221. The van der Waals surface area contributed by atoms with Crippen LogP contribution in [-0.2, 0) is 16.0 Å². The third kappa shape index (κ3) is 5.25. The van der Waals surface area contributed by atoms with Crippen LogP contribution >= 0.6 is 0 Å². The van der Waals surface area contributed by atoms with Gasteiger partial charge < -0.3 is 28.4 Å². The minimum atomic E-state index is -0.321. The van der Waals surface area contributed by atoms with E-state index >= 15 is 0 Å². The molecule has 7 heteroatoms. The lowest BCUT2D eigenvalue weighted by molar-refractivity contribution is -0.141. The lowest BCUT2D eigenvalue weighted by Gasteiger charge is -2.21. The molecule has 0 aliphatic carbocycles. The van der Waals surface area contributed by atoms with E-state index in [1.807, 2.05) is 31.2 Å². The fraction of sp³-hybridized carbons (Fsp3) is 0.409. The number of carbonyl (C=O) groups excluding carboxylic acids is 1. The smallest absolute Gasteiger partial charge is 0.302 e. The number of carbonyl (C=O) groups is 1. The Hall–Kier alpha value is -3.09. The summed E-state index contributed by atoms with van der Waals surface area (Å²) in [5.74, 6) is 2.62. The maximum Gasteiger partial charge on any atom is 0.302 e. The molecule has 0 aliphatic heterocycles. The van der Waals surface area contributed by atoms with Crippen LogP contribution in [0.3, 0.4) is 0 Å². The monoisotopic (exact) mass is 404 g/mol. The average molecular weight is 404 g/mol. The van der Waals surface area contributed by atoms with Gasteiger partial charge in [0.1, 0.15) is 19.0 Å². The number of esters is 1. The highest BCUT2D eigenvalue weighted by molar-refractivity contribution is 5.67. The van der Waals surface area contributed by atoms with Crippen molar-refractivity contribution in [3.05, 3.63) is 41.0 Å². The fourth-order valence-electron chi connectivity index (χ4n) is 3.12. The molecule has 0 aromatic heterocycles. The SMILES string of the molecule is COc1c(C)c(Cc2ccc(OCCOC(C)=O)cc2)c(OC)c(OC)c1OC. The van der Waals surface area contributed by atoms with Crippen molar-refractivity contribution < 1.29 is 33.2 Å². The molecule has 0 bridgehead atoms. The Bertz CT molecular complexity index is 828. The van der Waals surface area contributed by atoms with E-state index in [4.69, 9.17) is 28.4 Å². The van der Waals surface area contributed by atoms with Crippen molar-refractivity contribution in [3.8, 4) is 28.7 Å². The number of hydrogen-bond acceptors (Lipinski definition) is 7. The second kappa shape index (κ2) is 10.5. The maximum absolute atomic E-state index is 10.8. The summed E-state index contributed by atoms with van der Waals surface area (Å²) >= 11 is 0. The van der Waals surface area contributed by atoms with E-state index in [9.17, 15) is 4.79 Å². The van der Waals surface area contributed by atoms with Gasteiger partial charge in [0.2, 0.25) is 11.5 Å². The van der Waals surface area contributed by atoms with Crippen LogP contribution in [0, 0.1) is 6.92 Å². The summed E-state index contributed by atoms with van der Waals surface area (Å²) in [5, 5.41) is 0. The molecule has 2 rings (SSSR count). The Kier molecular flexibility index (Phi) is 8.00. The van der Waals surface area contributed by atoms with Crippen molar-refractivity contribution in [2.24, 2.45) is 0 Å². The molecule has 158 valence electrons. The molecule has 0 saturated carbocycles. The standard InChI is InChI=1S/C22H28O7/c1-14-18(20(25-4)22(27-6)21(26-5)19(14)24-3)13-16-7-9-17(10-8-16)29-12-11-28-15(2)23/h7-10H,11-13H2,1-6H3. The van der Waals surface area contributed by atoms with E-state index in [0.29, 0.717) is 41.8 Å². The van der Waals surface area contributed by atoms with Crippen LogP contribution in [0.1, 0.15) is 23.6 Å². The van der Waals surface area contributed by atoms with Crippen LogP contribution in [0.15, 0.2) is 24.3 Å². The maximum atomic E-state index is 10.8. The molecule has 7 nitrogen and oxygen atoms in total. The zero-order valence-corrected chi connectivity index (χ0v) is 17.8. The van der Waals surface area contributed by atoms with E-state index in [2.05, 4.69) is 0 Å². The Balaban J connectivity index is 2.26. The molecule has 0 fully saturated rings. The van der Waals surface area contributed by atoms with E-state index < -0.39 is 0 Å². The van der Waals surface area contributed by atoms with Crippen LogP contribution in [-0.4, -0.2) is 47.6 Å². The molecule has 0 aliphatic rings. The third-order valence-corrected chi connectivity index (χ3v) is 4.46. The van der Waals surface area contributed by atoms with Gasteiger partial charge in [-0.1, -0.05) is 12.1 Å². The Morgan fingerprint density at radius 2 is 1.34 bits per heavy atom. The lowest BCUT2D eigenvalue weighted by Crippen LogP contribution is -2.09. The van der Waals surface area contributed by atoms with E-state index in [0.717, 1.165) is 16.7 Å². The van der Waals surface area contributed by atoms with Gasteiger partial charge in [-0.2, -0.15) is 0 Å². The third-order valence-electron chi connectivity index (χ3n) is 4.46. The first-order valence-electron chi connectivity index (χ1n) is 9.17. The van der Waals surface area contributed by atoms with Crippen LogP contribution in [0.4, 0.5) is 0 Å². The average Bonchev–Trinajstić information content (AvgIpc) is 2.72. The summed E-state index contributed by atoms with van der Waals surface area (Å²) in [4.78, 5) is 10.8. The molecule has 0 N–H and O–H groups in total. The first-order valence-corrected chi connectivity index (χ1v) is 9.17. The summed E-state index contributed by atoms with van der Waals surface area (Å²) in [6.07, 6.45) is 0.611. The fourth-order valence-corrected chi connectivity index (χ4v) is 3.12. The van der Waals surface area contributed by atoms with Crippen LogP contribution < -0.4 is 23.7 Å². The molecule has 0 saturated heterocycles. The van der Waals surface area contributed by atoms with Gasteiger partial charge in [0.05, 0.1) is 28.4 Å². The van der Waals surface area contributed by atoms with Gasteiger partial charge in [-0.3, -0.25) is 4.79 Å². The molecule has 0 spiro atoms. The van der Waals surface area contributed by atoms with Gasteiger partial charge >= 0.3 is 5.97 Å². The topological polar surface area (TPSA) is 72.5 Å². The molecule has 29 heavy (non-hydrogen) atoms. The minimum Gasteiger partial charge on any atom is -0.492 e. The molecular weight excluding hydrogens is 376 g/mol. The van der Waals surface area contributed by atoms with Crippen molar-refractivity contribution >= 4 is 5.97 Å². The van der Waals surface area contributed by atoms with E-state index in [1.165, 1.54) is 6.92 Å². The van der Waals surface area contributed by atoms with E-state index in [-0.39, 0.29) is 12.6 Å². The van der Waals surface area contributed by atoms with Crippen LogP contribution in [0.25, 0.3) is 0 Å². The number of rotatable bonds is 10. The predicted molar refractivity (Wildman–Crippen MR) is 109 cm³/mol. The predicted octanol–water partition coefficient (Wildman–Crippen LogP) is 3.56. The molecular formula is C22H28O7. The summed E-state index contributed by atoms with van der Waals surface area (Å²) < 4.78 is 32.7. The van der Waals surface area contributed by atoms with Gasteiger partial charge in [-0.25, -0.2) is 0 Å². The molecule has 0 radical (unpaired) electrons. The van der Waals surface area contributed by atoms with Crippen molar-refractivity contribution in [3.63, 3.8) is 0 Å². The Morgan fingerprint density at radius 1 is 0.793 bits per heavy atom. The molecule has 2 aromatic rings. The quantitative estimate of drug-likeness (QED) is 0.443. The van der Waals surface area contributed by atoms with Crippen molar-refractivity contribution in [1.82, 2.24) is 0 Å². The van der Waals surface area contributed by atoms with Crippen molar-refractivity contribution in [1.29, 1.82) is 0 Å². The summed E-state index contributed by atoms with van der Waals surface area (Å²) in [5.41, 5.74) is 2.93. The zero-order chi connectivity index (χ0) is 21.4. The number of methoxy groups -OCH3 is 4.